The van der Waals surface area contributed by atoms with Crippen LogP contribution in [0.15, 0.2) is 18.2 Å². The Hall–Kier alpha value is -1.61. The summed E-state index contributed by atoms with van der Waals surface area (Å²) in [6, 6.07) is 6.58. The van der Waals surface area contributed by atoms with Gasteiger partial charge in [-0.3, -0.25) is 0 Å². The second kappa shape index (κ2) is 5.64. The van der Waals surface area contributed by atoms with Gasteiger partial charge in [0, 0.05) is 17.8 Å². The van der Waals surface area contributed by atoms with Crippen molar-refractivity contribution in [3.05, 3.63) is 46.3 Å². The molecule has 3 heteroatoms. The zero-order chi connectivity index (χ0) is 15.8. The van der Waals surface area contributed by atoms with Crippen LogP contribution in [0.1, 0.15) is 48.8 Å². The first-order valence-electron chi connectivity index (χ1n) is 7.57. The van der Waals surface area contributed by atoms with Crippen LogP contribution < -0.4 is 5.32 Å². The maximum atomic E-state index is 4.64. The second-order valence-electron chi connectivity index (χ2n) is 6.92. The van der Waals surface area contributed by atoms with Crippen molar-refractivity contribution in [3.63, 3.8) is 0 Å². The van der Waals surface area contributed by atoms with Crippen molar-refractivity contribution in [1.82, 2.24) is 15.1 Å². The Balaban J connectivity index is 2.28. The highest BCUT2D eigenvalue weighted by Gasteiger charge is 2.12. The van der Waals surface area contributed by atoms with Crippen molar-refractivity contribution in [2.45, 2.75) is 60.5 Å². The van der Waals surface area contributed by atoms with Crippen molar-refractivity contribution in [2.24, 2.45) is 0 Å². The molecule has 1 aromatic carbocycles. The summed E-state index contributed by atoms with van der Waals surface area (Å²) in [7, 11) is 0. The summed E-state index contributed by atoms with van der Waals surface area (Å²) < 4.78 is 2.04. The van der Waals surface area contributed by atoms with E-state index in [4.69, 9.17) is 0 Å². The van der Waals surface area contributed by atoms with Crippen LogP contribution in [0.5, 0.6) is 0 Å². The van der Waals surface area contributed by atoms with Crippen molar-refractivity contribution in [2.75, 3.05) is 0 Å². The van der Waals surface area contributed by atoms with E-state index in [0.717, 1.165) is 17.9 Å². The van der Waals surface area contributed by atoms with Crippen molar-refractivity contribution in [1.29, 1.82) is 0 Å². The first kappa shape index (κ1) is 15.8. The summed E-state index contributed by atoms with van der Waals surface area (Å²) in [5.41, 5.74) is 7.50. The summed E-state index contributed by atoms with van der Waals surface area (Å²) in [4.78, 5) is 0. The molecule has 3 nitrogen and oxygen atoms in total. The molecule has 1 aromatic heterocycles. The van der Waals surface area contributed by atoms with E-state index in [9.17, 15) is 0 Å². The van der Waals surface area contributed by atoms with E-state index in [1.54, 1.807) is 0 Å². The van der Waals surface area contributed by atoms with Crippen LogP contribution in [0, 0.1) is 27.7 Å². The molecular formula is C18H27N3. The number of aromatic nitrogens is 2. The molecule has 0 spiro atoms. The molecule has 0 aliphatic rings. The van der Waals surface area contributed by atoms with Crippen molar-refractivity contribution in [3.8, 4) is 5.69 Å². The molecule has 0 saturated heterocycles. The molecule has 1 heterocycles. The Morgan fingerprint density at radius 3 is 2.24 bits per heavy atom. The van der Waals surface area contributed by atoms with E-state index in [2.05, 4.69) is 77.1 Å². The molecule has 21 heavy (non-hydrogen) atoms. The van der Waals surface area contributed by atoms with Gasteiger partial charge in [-0.15, -0.1) is 0 Å². The van der Waals surface area contributed by atoms with Crippen LogP contribution in [0.3, 0.4) is 0 Å². The Bertz CT molecular complexity index is 645. The van der Waals surface area contributed by atoms with Gasteiger partial charge in [-0.25, -0.2) is 4.68 Å². The standard InChI is InChI=1S/C18H27N3/c1-12-10-17(21-15(4)13(2)14(3)20-21)9-8-16(12)11-19-18(5,6)7/h8-10,19H,11H2,1-7H3. The smallest absolute Gasteiger partial charge is 0.0651 e. The van der Waals surface area contributed by atoms with Gasteiger partial charge in [0.2, 0.25) is 0 Å². The highest BCUT2D eigenvalue weighted by atomic mass is 15.3. The minimum Gasteiger partial charge on any atom is -0.308 e. The zero-order valence-corrected chi connectivity index (χ0v) is 14.3. The van der Waals surface area contributed by atoms with E-state index in [1.807, 2.05) is 4.68 Å². The first-order valence-corrected chi connectivity index (χ1v) is 7.57. The van der Waals surface area contributed by atoms with Crippen LogP contribution in [-0.2, 0) is 6.54 Å². The largest absolute Gasteiger partial charge is 0.308 e. The van der Waals surface area contributed by atoms with Crippen molar-refractivity contribution >= 4 is 0 Å². The summed E-state index contributed by atoms with van der Waals surface area (Å²) >= 11 is 0. The molecule has 0 atom stereocenters. The fourth-order valence-corrected chi connectivity index (χ4v) is 2.34. The molecule has 0 amide bonds. The number of aryl methyl sites for hydroxylation is 2. The molecule has 0 unspecified atom stereocenters. The molecule has 0 fully saturated rings. The van der Waals surface area contributed by atoms with Gasteiger partial charge in [0.05, 0.1) is 11.4 Å². The van der Waals surface area contributed by atoms with Gasteiger partial charge in [0.25, 0.3) is 0 Å². The lowest BCUT2D eigenvalue weighted by Gasteiger charge is -2.21. The lowest BCUT2D eigenvalue weighted by Crippen LogP contribution is -2.35. The lowest BCUT2D eigenvalue weighted by molar-refractivity contribution is 0.424. The molecule has 0 radical (unpaired) electrons. The topological polar surface area (TPSA) is 29.9 Å². The summed E-state index contributed by atoms with van der Waals surface area (Å²) in [5.74, 6) is 0. The SMILES string of the molecule is Cc1cc(-n2nc(C)c(C)c2C)ccc1CNC(C)(C)C. The number of nitrogens with one attached hydrogen (secondary N) is 1. The lowest BCUT2D eigenvalue weighted by atomic mass is 10.0. The van der Waals surface area contributed by atoms with Gasteiger partial charge in [0.1, 0.15) is 0 Å². The predicted molar refractivity (Wildman–Crippen MR) is 89.1 cm³/mol. The molecule has 0 aliphatic heterocycles. The average molecular weight is 285 g/mol. The third-order valence-electron chi connectivity index (χ3n) is 4.03. The number of hydrogen-bond donors (Lipinski definition) is 1. The number of benzene rings is 1. The minimum absolute atomic E-state index is 0.137. The van der Waals surface area contributed by atoms with Gasteiger partial charge in [-0.1, -0.05) is 6.07 Å². The molecule has 2 rings (SSSR count). The second-order valence-corrected chi connectivity index (χ2v) is 6.92. The third kappa shape index (κ3) is 3.53. The fourth-order valence-electron chi connectivity index (χ4n) is 2.34. The Morgan fingerprint density at radius 1 is 1.10 bits per heavy atom. The number of nitrogens with zero attached hydrogens (tertiary/aromatic N) is 2. The van der Waals surface area contributed by atoms with Crippen LogP contribution in [0.4, 0.5) is 0 Å². The first-order chi connectivity index (χ1) is 9.69. The maximum absolute atomic E-state index is 4.64. The quantitative estimate of drug-likeness (QED) is 0.924. The predicted octanol–water partition coefficient (Wildman–Crippen LogP) is 3.99. The maximum Gasteiger partial charge on any atom is 0.0651 e. The highest BCUT2D eigenvalue weighted by molar-refractivity contribution is 5.42. The number of rotatable bonds is 3. The summed E-state index contributed by atoms with van der Waals surface area (Å²) in [5, 5.41) is 8.18. The van der Waals surface area contributed by atoms with Gasteiger partial charge >= 0.3 is 0 Å². The minimum atomic E-state index is 0.137. The molecule has 0 bridgehead atoms. The van der Waals surface area contributed by atoms with Crippen LogP contribution >= 0.6 is 0 Å². The number of hydrogen-bond acceptors (Lipinski definition) is 2. The summed E-state index contributed by atoms with van der Waals surface area (Å²) in [6.45, 7) is 15.9. The van der Waals surface area contributed by atoms with Crippen LogP contribution in [0.25, 0.3) is 5.69 Å². The monoisotopic (exact) mass is 285 g/mol. The van der Waals surface area contributed by atoms with E-state index in [0.29, 0.717) is 0 Å². The van der Waals surface area contributed by atoms with Crippen molar-refractivity contribution < 1.29 is 0 Å². The Labute approximate surface area is 128 Å². The van der Waals surface area contributed by atoms with Gasteiger partial charge in [0.15, 0.2) is 0 Å². The van der Waals surface area contributed by atoms with Crippen LogP contribution in [0.2, 0.25) is 0 Å². The van der Waals surface area contributed by atoms with E-state index in [1.165, 1.54) is 22.4 Å². The van der Waals surface area contributed by atoms with Gasteiger partial charge in [-0.05, 0) is 77.3 Å². The normalized spacial score (nSPS) is 12.0. The molecule has 2 aromatic rings. The van der Waals surface area contributed by atoms with E-state index < -0.39 is 0 Å². The Morgan fingerprint density at radius 2 is 1.76 bits per heavy atom. The average Bonchev–Trinajstić information content (AvgIpc) is 2.64. The third-order valence-corrected chi connectivity index (χ3v) is 4.03. The molecule has 0 saturated carbocycles. The molecule has 1 N–H and O–H groups in total. The van der Waals surface area contributed by atoms with E-state index >= 15 is 0 Å². The zero-order valence-electron chi connectivity index (χ0n) is 14.3. The fraction of sp³-hybridized carbons (Fsp3) is 0.500. The van der Waals surface area contributed by atoms with Gasteiger partial charge < -0.3 is 5.32 Å². The van der Waals surface area contributed by atoms with E-state index in [-0.39, 0.29) is 5.54 Å². The Kier molecular flexibility index (Phi) is 4.24. The van der Waals surface area contributed by atoms with Gasteiger partial charge in [-0.2, -0.15) is 5.10 Å². The molecule has 114 valence electrons. The highest BCUT2D eigenvalue weighted by Crippen LogP contribution is 2.20. The molecular weight excluding hydrogens is 258 g/mol. The summed E-state index contributed by atoms with van der Waals surface area (Å²) in [6.07, 6.45) is 0. The molecule has 0 aliphatic carbocycles. The van der Waals surface area contributed by atoms with Crippen LogP contribution in [-0.4, -0.2) is 15.3 Å².